The number of rotatable bonds is 6. The second-order valence-electron chi connectivity index (χ2n) is 9.48. The van der Waals surface area contributed by atoms with Gasteiger partial charge in [0.1, 0.15) is 11.9 Å². The predicted octanol–water partition coefficient (Wildman–Crippen LogP) is 4.85. The van der Waals surface area contributed by atoms with Crippen molar-refractivity contribution in [2.45, 2.75) is 65.1 Å². The van der Waals surface area contributed by atoms with Gasteiger partial charge in [-0.25, -0.2) is 19.7 Å². The van der Waals surface area contributed by atoms with Crippen LogP contribution < -0.4 is 5.32 Å². The molecule has 9 heteroatoms. The fourth-order valence-corrected chi connectivity index (χ4v) is 4.64. The topological polar surface area (TPSA) is 85.2 Å². The summed E-state index contributed by atoms with van der Waals surface area (Å²) in [6, 6.07) is 8.84. The number of anilines is 1. The number of aromatic nitrogens is 4. The summed E-state index contributed by atoms with van der Waals surface area (Å²) in [5, 5.41) is 3.48. The first-order valence-electron chi connectivity index (χ1n) is 11.4. The number of halogens is 1. The summed E-state index contributed by atoms with van der Waals surface area (Å²) in [5.74, 6) is 0.700. The molecule has 2 aromatic heterocycles. The number of benzene rings is 1. The van der Waals surface area contributed by atoms with Gasteiger partial charge in [0.05, 0.1) is 6.54 Å². The van der Waals surface area contributed by atoms with Gasteiger partial charge < -0.3 is 15.0 Å². The molecule has 176 valence electrons. The molecule has 1 aliphatic rings. The summed E-state index contributed by atoms with van der Waals surface area (Å²) in [5.41, 5.74) is 3.62. The summed E-state index contributed by atoms with van der Waals surface area (Å²) in [6.45, 7) is 9.76. The molecule has 0 spiro atoms. The van der Waals surface area contributed by atoms with Crippen LogP contribution in [0.5, 0.6) is 0 Å². The molecule has 33 heavy (non-hydrogen) atoms. The molecule has 0 aliphatic carbocycles. The minimum atomic E-state index is -0.499. The second-order valence-corrected chi connectivity index (χ2v) is 10.4. The summed E-state index contributed by atoms with van der Waals surface area (Å²) in [6.07, 6.45) is 4.37. The van der Waals surface area contributed by atoms with Crippen LogP contribution in [0.15, 0.2) is 30.6 Å². The van der Waals surface area contributed by atoms with Gasteiger partial charge >= 0.3 is 6.09 Å². The minimum Gasteiger partial charge on any atom is -0.444 e. The summed E-state index contributed by atoms with van der Waals surface area (Å²) < 4.78 is 8.48. The Balaban J connectivity index is 1.48. The van der Waals surface area contributed by atoms with Crippen molar-refractivity contribution in [2.24, 2.45) is 0 Å². The van der Waals surface area contributed by atoms with Crippen molar-refractivity contribution in [2.75, 3.05) is 18.4 Å². The SMILES string of the molecule is CCCc1ccc(Cn2c(I)nc3c(N[C@H]4CCN(C(=O)OC(C)(C)C)C4)ncnc32)cc1. The number of ether oxygens (including phenoxy) is 1. The number of nitrogens with one attached hydrogen (secondary N) is 1. The maximum atomic E-state index is 12.4. The first-order chi connectivity index (χ1) is 15.7. The van der Waals surface area contributed by atoms with Crippen molar-refractivity contribution in [1.82, 2.24) is 24.4 Å². The van der Waals surface area contributed by atoms with E-state index in [4.69, 9.17) is 9.72 Å². The third-order valence-electron chi connectivity index (χ3n) is 5.57. The Hall–Kier alpha value is -2.43. The second kappa shape index (κ2) is 9.82. The van der Waals surface area contributed by atoms with Crippen molar-refractivity contribution in [3.8, 4) is 0 Å². The lowest BCUT2D eigenvalue weighted by molar-refractivity contribution is 0.0293. The molecule has 3 heterocycles. The Morgan fingerprint density at radius 1 is 1.21 bits per heavy atom. The highest BCUT2D eigenvalue weighted by atomic mass is 127. The Morgan fingerprint density at radius 3 is 2.64 bits per heavy atom. The molecule has 0 radical (unpaired) electrons. The number of carbonyl (C=O) groups excluding carboxylic acids is 1. The van der Waals surface area contributed by atoms with Crippen LogP contribution in [0.2, 0.25) is 0 Å². The number of hydrogen-bond acceptors (Lipinski definition) is 6. The molecule has 1 saturated heterocycles. The van der Waals surface area contributed by atoms with Crippen molar-refractivity contribution >= 4 is 45.7 Å². The highest BCUT2D eigenvalue weighted by Gasteiger charge is 2.30. The molecule has 0 bridgehead atoms. The monoisotopic (exact) mass is 562 g/mol. The van der Waals surface area contributed by atoms with Gasteiger partial charge in [0.2, 0.25) is 0 Å². The Labute approximate surface area is 208 Å². The zero-order valence-corrected chi connectivity index (χ0v) is 21.8. The zero-order valence-electron chi connectivity index (χ0n) is 19.6. The fourth-order valence-electron chi connectivity index (χ4n) is 4.00. The van der Waals surface area contributed by atoms with Gasteiger partial charge in [-0.2, -0.15) is 0 Å². The molecule has 1 aromatic carbocycles. The number of aryl methyl sites for hydroxylation is 1. The molecule has 1 atom stereocenters. The first-order valence-corrected chi connectivity index (χ1v) is 12.5. The third kappa shape index (κ3) is 5.74. The molecule has 1 amide bonds. The lowest BCUT2D eigenvalue weighted by Gasteiger charge is -2.24. The molecular weight excluding hydrogens is 531 g/mol. The van der Waals surface area contributed by atoms with Crippen molar-refractivity contribution < 1.29 is 9.53 Å². The maximum Gasteiger partial charge on any atom is 0.410 e. The normalized spacial score (nSPS) is 16.4. The van der Waals surface area contributed by atoms with E-state index in [0.29, 0.717) is 25.5 Å². The van der Waals surface area contributed by atoms with Gasteiger partial charge in [-0.15, -0.1) is 0 Å². The number of likely N-dealkylation sites (tertiary alicyclic amines) is 1. The van der Waals surface area contributed by atoms with E-state index < -0.39 is 5.60 Å². The quantitative estimate of drug-likeness (QED) is 0.342. The molecule has 0 unspecified atom stereocenters. The largest absolute Gasteiger partial charge is 0.444 e. The lowest BCUT2D eigenvalue weighted by atomic mass is 10.1. The van der Waals surface area contributed by atoms with E-state index in [1.807, 2.05) is 20.8 Å². The van der Waals surface area contributed by atoms with E-state index in [2.05, 4.69) is 73.6 Å². The molecule has 1 fully saturated rings. The summed E-state index contributed by atoms with van der Waals surface area (Å²) in [7, 11) is 0. The molecular formula is C24H31IN6O2. The summed E-state index contributed by atoms with van der Waals surface area (Å²) >= 11 is 2.25. The van der Waals surface area contributed by atoms with Crippen LogP contribution in [0.3, 0.4) is 0 Å². The number of hydrogen-bond donors (Lipinski definition) is 1. The van der Waals surface area contributed by atoms with E-state index in [-0.39, 0.29) is 12.1 Å². The van der Waals surface area contributed by atoms with E-state index in [0.717, 1.165) is 34.3 Å². The Bertz CT molecular complexity index is 1120. The van der Waals surface area contributed by atoms with Gasteiger partial charge in [0.25, 0.3) is 0 Å². The Kier molecular flexibility index (Phi) is 7.06. The van der Waals surface area contributed by atoms with Gasteiger partial charge in [0.15, 0.2) is 20.8 Å². The zero-order chi connectivity index (χ0) is 23.6. The number of imidazole rings is 1. The van der Waals surface area contributed by atoms with Gasteiger partial charge in [-0.1, -0.05) is 37.6 Å². The van der Waals surface area contributed by atoms with Crippen molar-refractivity contribution in [1.29, 1.82) is 0 Å². The van der Waals surface area contributed by atoms with Crippen LogP contribution >= 0.6 is 22.6 Å². The molecule has 0 saturated carbocycles. The molecule has 1 aliphatic heterocycles. The number of amides is 1. The third-order valence-corrected chi connectivity index (χ3v) is 6.39. The maximum absolute atomic E-state index is 12.4. The van der Waals surface area contributed by atoms with E-state index >= 15 is 0 Å². The highest BCUT2D eigenvalue weighted by Crippen LogP contribution is 2.25. The number of carbonyl (C=O) groups is 1. The van der Waals surface area contributed by atoms with Gasteiger partial charge in [-0.3, -0.25) is 4.57 Å². The van der Waals surface area contributed by atoms with Crippen LogP contribution in [-0.2, 0) is 17.7 Å². The fraction of sp³-hybridized carbons (Fsp3) is 0.500. The van der Waals surface area contributed by atoms with E-state index in [1.165, 1.54) is 11.1 Å². The lowest BCUT2D eigenvalue weighted by Crippen LogP contribution is -2.36. The average Bonchev–Trinajstić information content (AvgIpc) is 3.34. The van der Waals surface area contributed by atoms with Crippen LogP contribution in [0.25, 0.3) is 11.2 Å². The minimum absolute atomic E-state index is 0.0875. The smallest absolute Gasteiger partial charge is 0.410 e. The highest BCUT2D eigenvalue weighted by molar-refractivity contribution is 14.1. The predicted molar refractivity (Wildman–Crippen MR) is 137 cm³/mol. The Morgan fingerprint density at radius 2 is 1.94 bits per heavy atom. The first kappa shape index (κ1) is 23.7. The number of nitrogens with zero attached hydrogens (tertiary/aromatic N) is 5. The average molecular weight is 562 g/mol. The molecule has 4 rings (SSSR count). The van der Waals surface area contributed by atoms with Crippen LogP contribution in [0.1, 0.15) is 51.7 Å². The van der Waals surface area contributed by atoms with Crippen molar-refractivity contribution in [3.63, 3.8) is 0 Å². The molecule has 1 N–H and O–H groups in total. The van der Waals surface area contributed by atoms with E-state index in [1.54, 1.807) is 11.2 Å². The standard InChI is InChI=1S/C24H31IN6O2/c1-5-6-16-7-9-17(10-8-16)13-31-21-19(29-22(31)25)20(26-15-27-21)28-18-11-12-30(14-18)23(32)33-24(2,3)4/h7-10,15,18H,5-6,11-14H2,1-4H3,(H,26,27,28)/t18-/m0/s1. The van der Waals surface area contributed by atoms with Gasteiger partial charge in [-0.05, 0) is 44.7 Å². The molecule has 3 aromatic rings. The van der Waals surface area contributed by atoms with Crippen molar-refractivity contribution in [3.05, 3.63) is 45.6 Å². The van der Waals surface area contributed by atoms with Crippen LogP contribution in [0.4, 0.5) is 10.6 Å². The van der Waals surface area contributed by atoms with Gasteiger partial charge in [0, 0.05) is 41.7 Å². The van der Waals surface area contributed by atoms with Crippen LogP contribution in [0, 0.1) is 3.83 Å². The van der Waals surface area contributed by atoms with E-state index in [9.17, 15) is 4.79 Å². The number of fused-ring (bicyclic) bond motifs is 1. The molecule has 8 nitrogen and oxygen atoms in total. The van der Waals surface area contributed by atoms with Crippen LogP contribution in [-0.4, -0.2) is 55.2 Å². The summed E-state index contributed by atoms with van der Waals surface area (Å²) in [4.78, 5) is 27.9.